The molecule has 1 heterocycles. The monoisotopic (exact) mass is 279 g/mol. The van der Waals surface area contributed by atoms with Crippen molar-refractivity contribution in [1.29, 1.82) is 0 Å². The van der Waals surface area contributed by atoms with E-state index in [0.717, 1.165) is 12.8 Å². The van der Waals surface area contributed by atoms with Gasteiger partial charge in [-0.1, -0.05) is 27.2 Å². The molecule has 1 aliphatic rings. The van der Waals surface area contributed by atoms with Gasteiger partial charge >= 0.3 is 5.97 Å². The van der Waals surface area contributed by atoms with Crippen molar-refractivity contribution in [2.24, 2.45) is 17.8 Å². The van der Waals surface area contributed by atoms with E-state index in [-0.39, 0.29) is 18.6 Å². The molecule has 20 heavy (non-hydrogen) atoms. The number of hydrogen-bond acceptors (Lipinski definition) is 4. The van der Waals surface area contributed by atoms with Crippen molar-refractivity contribution in [3.8, 4) is 0 Å². The minimum Gasteiger partial charge on any atom is -0.461 e. The Hall–Kier alpha value is -1.52. The summed E-state index contributed by atoms with van der Waals surface area (Å²) in [6.45, 7) is 6.77. The highest BCUT2D eigenvalue weighted by Gasteiger charge is 2.33. The fraction of sp³-hybridized carbons (Fsp3) is 0.733. The van der Waals surface area contributed by atoms with E-state index in [9.17, 15) is 4.79 Å². The summed E-state index contributed by atoms with van der Waals surface area (Å²) in [5.41, 5.74) is 6.14. The zero-order valence-electron chi connectivity index (χ0n) is 12.6. The summed E-state index contributed by atoms with van der Waals surface area (Å²) in [4.78, 5) is 12.0. The van der Waals surface area contributed by atoms with Crippen molar-refractivity contribution in [2.45, 2.75) is 52.7 Å². The first kappa shape index (κ1) is 14.9. The molecule has 1 fully saturated rings. The molecule has 0 spiro atoms. The molecule has 5 nitrogen and oxygen atoms in total. The average Bonchev–Trinajstić information content (AvgIpc) is 2.74. The van der Waals surface area contributed by atoms with Crippen LogP contribution in [0.3, 0.4) is 0 Å². The molecule has 3 atom stereocenters. The van der Waals surface area contributed by atoms with Gasteiger partial charge in [-0.05, 0) is 30.6 Å². The molecule has 2 N–H and O–H groups in total. The number of carbonyl (C=O) groups is 1. The van der Waals surface area contributed by atoms with Gasteiger partial charge in [0, 0.05) is 6.20 Å². The Morgan fingerprint density at radius 1 is 1.55 bits per heavy atom. The van der Waals surface area contributed by atoms with Crippen LogP contribution in [0, 0.1) is 17.8 Å². The summed E-state index contributed by atoms with van der Waals surface area (Å²) in [7, 11) is 0. The second kappa shape index (κ2) is 6.29. The lowest BCUT2D eigenvalue weighted by Crippen LogP contribution is -2.36. The number of anilines is 1. The second-order valence-corrected chi connectivity index (χ2v) is 6.33. The van der Waals surface area contributed by atoms with Crippen molar-refractivity contribution in [3.63, 3.8) is 0 Å². The molecule has 3 unspecified atom stereocenters. The van der Waals surface area contributed by atoms with Crippen LogP contribution in [-0.2, 0) is 16.1 Å². The Balaban J connectivity index is 1.93. The van der Waals surface area contributed by atoms with Crippen LogP contribution in [0.15, 0.2) is 12.4 Å². The third-order valence-electron chi connectivity index (χ3n) is 4.19. The summed E-state index contributed by atoms with van der Waals surface area (Å²) in [6, 6.07) is 0. The van der Waals surface area contributed by atoms with Gasteiger partial charge in [-0.15, -0.1) is 0 Å². The van der Waals surface area contributed by atoms with Gasteiger partial charge in [-0.25, -0.2) is 0 Å². The van der Waals surface area contributed by atoms with Gasteiger partial charge in [-0.2, -0.15) is 5.10 Å². The largest absolute Gasteiger partial charge is 0.461 e. The molecule has 1 saturated carbocycles. The maximum Gasteiger partial charge on any atom is 0.328 e. The normalized spacial score (nSPS) is 26.7. The van der Waals surface area contributed by atoms with E-state index in [4.69, 9.17) is 10.5 Å². The number of nitrogens with two attached hydrogens (primary N) is 1. The molecular weight excluding hydrogens is 254 g/mol. The summed E-state index contributed by atoms with van der Waals surface area (Å²) >= 11 is 0. The molecule has 5 heteroatoms. The van der Waals surface area contributed by atoms with Crippen LogP contribution >= 0.6 is 0 Å². The third kappa shape index (κ3) is 3.74. The quantitative estimate of drug-likeness (QED) is 0.860. The smallest absolute Gasteiger partial charge is 0.328 e. The van der Waals surface area contributed by atoms with Crippen molar-refractivity contribution in [2.75, 3.05) is 5.73 Å². The Kier molecular flexibility index (Phi) is 4.68. The molecule has 0 aromatic carbocycles. The zero-order chi connectivity index (χ0) is 14.7. The molecule has 1 aromatic rings. The molecule has 2 rings (SSSR count). The first-order valence-corrected chi connectivity index (χ1v) is 7.43. The van der Waals surface area contributed by atoms with E-state index >= 15 is 0 Å². The van der Waals surface area contributed by atoms with Crippen LogP contribution in [0.1, 0.15) is 40.0 Å². The van der Waals surface area contributed by atoms with E-state index in [1.54, 1.807) is 6.20 Å². The van der Waals surface area contributed by atoms with Crippen molar-refractivity contribution in [3.05, 3.63) is 12.4 Å². The van der Waals surface area contributed by atoms with Gasteiger partial charge < -0.3 is 10.5 Å². The fourth-order valence-electron chi connectivity index (χ4n) is 3.05. The summed E-state index contributed by atoms with van der Waals surface area (Å²) in [5.74, 6) is 1.42. The summed E-state index contributed by atoms with van der Waals surface area (Å²) in [6.07, 6.45) is 6.56. The van der Waals surface area contributed by atoms with Crippen molar-refractivity contribution >= 4 is 11.7 Å². The predicted octanol–water partition coefficient (Wildman–Crippen LogP) is 2.47. The van der Waals surface area contributed by atoms with Crippen LogP contribution in [0.2, 0.25) is 0 Å². The number of esters is 1. The molecule has 0 radical (unpaired) electrons. The highest BCUT2D eigenvalue weighted by atomic mass is 16.5. The minimum atomic E-state index is -0.224. The topological polar surface area (TPSA) is 70.1 Å². The molecule has 0 bridgehead atoms. The molecular formula is C15H25N3O2. The SMILES string of the molecule is CC1CCC(C(C)C)C(OC(=O)Cn2cc(N)cn2)C1. The Morgan fingerprint density at radius 3 is 2.90 bits per heavy atom. The number of hydrogen-bond donors (Lipinski definition) is 1. The van der Waals surface area contributed by atoms with Crippen molar-refractivity contribution < 1.29 is 9.53 Å². The van der Waals surface area contributed by atoms with Crippen LogP contribution in [-0.4, -0.2) is 21.9 Å². The van der Waals surface area contributed by atoms with E-state index in [2.05, 4.69) is 25.9 Å². The van der Waals surface area contributed by atoms with Gasteiger partial charge in [0.15, 0.2) is 0 Å². The van der Waals surface area contributed by atoms with E-state index in [1.165, 1.54) is 17.3 Å². The predicted molar refractivity (Wildman–Crippen MR) is 77.9 cm³/mol. The van der Waals surface area contributed by atoms with Gasteiger partial charge in [0.1, 0.15) is 12.6 Å². The first-order chi connectivity index (χ1) is 9.45. The molecule has 0 saturated heterocycles. The second-order valence-electron chi connectivity index (χ2n) is 6.33. The lowest BCUT2D eigenvalue weighted by Gasteiger charge is -2.36. The minimum absolute atomic E-state index is 0.0409. The number of ether oxygens (including phenoxy) is 1. The summed E-state index contributed by atoms with van der Waals surface area (Å²) < 4.78 is 7.23. The Bertz CT molecular complexity index is 456. The van der Waals surface area contributed by atoms with E-state index in [0.29, 0.717) is 23.4 Å². The molecule has 112 valence electrons. The highest BCUT2D eigenvalue weighted by Crippen LogP contribution is 2.35. The number of nitrogens with zero attached hydrogens (tertiary/aromatic N) is 2. The number of carbonyl (C=O) groups excluding carboxylic acids is 1. The van der Waals surface area contributed by atoms with Crippen LogP contribution in [0.4, 0.5) is 5.69 Å². The van der Waals surface area contributed by atoms with Gasteiger partial charge in [0.25, 0.3) is 0 Å². The number of nitrogen functional groups attached to an aromatic ring is 1. The van der Waals surface area contributed by atoms with E-state index < -0.39 is 0 Å². The van der Waals surface area contributed by atoms with Crippen LogP contribution in [0.25, 0.3) is 0 Å². The van der Waals surface area contributed by atoms with Gasteiger partial charge in [0.05, 0.1) is 11.9 Å². The third-order valence-corrected chi connectivity index (χ3v) is 4.19. The zero-order valence-corrected chi connectivity index (χ0v) is 12.6. The molecule has 0 amide bonds. The first-order valence-electron chi connectivity index (χ1n) is 7.43. The van der Waals surface area contributed by atoms with Gasteiger partial charge in [0.2, 0.25) is 0 Å². The maximum atomic E-state index is 12.0. The lowest BCUT2D eigenvalue weighted by atomic mass is 9.75. The standard InChI is InChI=1S/C15H25N3O2/c1-10(2)13-5-4-11(3)6-14(13)20-15(19)9-18-8-12(16)7-17-18/h7-8,10-11,13-14H,4-6,9,16H2,1-3H3. The van der Waals surface area contributed by atoms with E-state index in [1.807, 2.05) is 0 Å². The lowest BCUT2D eigenvalue weighted by molar-refractivity contribution is -0.156. The number of rotatable bonds is 4. The van der Waals surface area contributed by atoms with Crippen LogP contribution < -0.4 is 5.73 Å². The Morgan fingerprint density at radius 2 is 2.30 bits per heavy atom. The molecule has 1 aliphatic carbocycles. The average molecular weight is 279 g/mol. The molecule has 1 aromatic heterocycles. The highest BCUT2D eigenvalue weighted by molar-refractivity contribution is 5.69. The van der Waals surface area contributed by atoms with Gasteiger partial charge in [-0.3, -0.25) is 9.48 Å². The van der Waals surface area contributed by atoms with Crippen molar-refractivity contribution in [1.82, 2.24) is 9.78 Å². The maximum absolute atomic E-state index is 12.0. The number of aromatic nitrogens is 2. The van der Waals surface area contributed by atoms with Crippen LogP contribution in [0.5, 0.6) is 0 Å². The Labute approximate surface area is 120 Å². The fourth-order valence-corrected chi connectivity index (χ4v) is 3.05. The summed E-state index contributed by atoms with van der Waals surface area (Å²) in [5, 5.41) is 4.01. The molecule has 0 aliphatic heterocycles.